The summed E-state index contributed by atoms with van der Waals surface area (Å²) in [5, 5.41) is 2.78. The first-order valence-electron chi connectivity index (χ1n) is 6.29. The maximum absolute atomic E-state index is 12.1. The third-order valence-electron chi connectivity index (χ3n) is 2.80. The molecule has 1 aromatic rings. The lowest BCUT2D eigenvalue weighted by Gasteiger charge is -2.26. The van der Waals surface area contributed by atoms with Crippen LogP contribution in [0, 0.1) is 0 Å². The standard InChI is InChI=1S/C11H17F2N5O/c1-14-9-15-10(18-5-3-2-4-6-18)17-11(16-9)19-7-8(12)13/h8H,2-7H2,1H3,(H,14,15,16,17). The van der Waals surface area contributed by atoms with Crippen LogP contribution in [-0.4, -0.2) is 48.1 Å². The van der Waals surface area contributed by atoms with Crippen molar-refractivity contribution >= 4 is 11.9 Å². The molecule has 1 aliphatic heterocycles. The summed E-state index contributed by atoms with van der Waals surface area (Å²) in [7, 11) is 1.66. The van der Waals surface area contributed by atoms with E-state index >= 15 is 0 Å². The molecule has 1 fully saturated rings. The van der Waals surface area contributed by atoms with Crippen LogP contribution in [0.1, 0.15) is 19.3 Å². The van der Waals surface area contributed by atoms with Crippen LogP contribution in [-0.2, 0) is 0 Å². The van der Waals surface area contributed by atoms with E-state index in [1.807, 2.05) is 4.90 Å². The Balaban J connectivity index is 2.14. The van der Waals surface area contributed by atoms with Crippen LogP contribution in [0.4, 0.5) is 20.7 Å². The van der Waals surface area contributed by atoms with Gasteiger partial charge in [0.05, 0.1) is 0 Å². The summed E-state index contributed by atoms with van der Waals surface area (Å²) in [6.45, 7) is 1.01. The summed E-state index contributed by atoms with van der Waals surface area (Å²) < 4.78 is 29.1. The average molecular weight is 273 g/mol. The first kappa shape index (κ1) is 13.7. The first-order valence-corrected chi connectivity index (χ1v) is 6.29. The third kappa shape index (κ3) is 3.87. The Labute approximate surface area is 110 Å². The summed E-state index contributed by atoms with van der Waals surface area (Å²) in [6.07, 6.45) is 0.796. The van der Waals surface area contributed by atoms with Crippen molar-refractivity contribution in [2.45, 2.75) is 25.7 Å². The number of aromatic nitrogens is 3. The van der Waals surface area contributed by atoms with Crippen molar-refractivity contribution < 1.29 is 13.5 Å². The van der Waals surface area contributed by atoms with Crippen LogP contribution in [0.25, 0.3) is 0 Å². The maximum Gasteiger partial charge on any atom is 0.323 e. The van der Waals surface area contributed by atoms with E-state index in [1.54, 1.807) is 7.05 Å². The van der Waals surface area contributed by atoms with Crippen molar-refractivity contribution in [3.63, 3.8) is 0 Å². The Bertz CT molecular complexity index is 412. The molecule has 1 aromatic heterocycles. The zero-order valence-electron chi connectivity index (χ0n) is 10.8. The normalized spacial score (nSPS) is 15.7. The number of piperidine rings is 1. The molecule has 2 rings (SSSR count). The molecule has 0 saturated carbocycles. The van der Waals surface area contributed by atoms with Gasteiger partial charge in [-0.25, -0.2) is 8.78 Å². The number of nitrogens with one attached hydrogen (secondary N) is 1. The third-order valence-corrected chi connectivity index (χ3v) is 2.80. The number of halogens is 2. The number of hydrogen-bond acceptors (Lipinski definition) is 6. The van der Waals surface area contributed by atoms with Gasteiger partial charge in [-0.1, -0.05) is 0 Å². The molecule has 0 bridgehead atoms. The summed E-state index contributed by atoms with van der Waals surface area (Å²) >= 11 is 0. The molecule has 0 amide bonds. The van der Waals surface area contributed by atoms with Crippen LogP contribution in [0.5, 0.6) is 6.01 Å². The SMILES string of the molecule is CNc1nc(OCC(F)F)nc(N2CCCCC2)n1. The second-order valence-corrected chi connectivity index (χ2v) is 4.24. The molecule has 8 heteroatoms. The topological polar surface area (TPSA) is 63.2 Å². The van der Waals surface area contributed by atoms with Gasteiger partial charge in [-0.3, -0.25) is 0 Å². The summed E-state index contributed by atoms with van der Waals surface area (Å²) in [6, 6.07) is -0.0692. The fourth-order valence-corrected chi connectivity index (χ4v) is 1.90. The van der Waals surface area contributed by atoms with Gasteiger partial charge in [0.25, 0.3) is 6.43 Å². The summed E-state index contributed by atoms with van der Waals surface area (Å²) in [4.78, 5) is 14.2. The van der Waals surface area contributed by atoms with Gasteiger partial charge in [0, 0.05) is 20.1 Å². The number of hydrogen-bond donors (Lipinski definition) is 1. The van der Waals surface area contributed by atoms with Gasteiger partial charge in [-0.05, 0) is 19.3 Å². The Morgan fingerprint density at radius 2 is 1.95 bits per heavy atom. The minimum absolute atomic E-state index is 0.0692. The molecule has 1 aliphatic rings. The minimum Gasteiger partial charge on any atom is -0.457 e. The van der Waals surface area contributed by atoms with Crippen LogP contribution < -0.4 is 15.0 Å². The largest absolute Gasteiger partial charge is 0.457 e. The number of rotatable bonds is 5. The van der Waals surface area contributed by atoms with Crippen molar-refractivity contribution in [1.82, 2.24) is 15.0 Å². The van der Waals surface area contributed by atoms with Gasteiger partial charge < -0.3 is 15.0 Å². The molecule has 1 N–H and O–H groups in total. The van der Waals surface area contributed by atoms with E-state index in [2.05, 4.69) is 20.3 Å². The van der Waals surface area contributed by atoms with Gasteiger partial charge in [0.2, 0.25) is 11.9 Å². The second-order valence-electron chi connectivity index (χ2n) is 4.24. The molecule has 0 unspecified atom stereocenters. The van der Waals surface area contributed by atoms with Gasteiger partial charge >= 0.3 is 6.01 Å². The molecule has 2 heterocycles. The fourth-order valence-electron chi connectivity index (χ4n) is 1.90. The highest BCUT2D eigenvalue weighted by molar-refractivity contribution is 5.38. The van der Waals surface area contributed by atoms with Crippen LogP contribution in [0.15, 0.2) is 0 Å². The van der Waals surface area contributed by atoms with Crippen molar-refractivity contribution in [1.29, 1.82) is 0 Å². The number of ether oxygens (including phenoxy) is 1. The Hall–Kier alpha value is -1.73. The fraction of sp³-hybridized carbons (Fsp3) is 0.727. The van der Waals surface area contributed by atoms with E-state index < -0.39 is 13.0 Å². The highest BCUT2D eigenvalue weighted by Crippen LogP contribution is 2.19. The first-order chi connectivity index (χ1) is 9.19. The highest BCUT2D eigenvalue weighted by Gasteiger charge is 2.17. The monoisotopic (exact) mass is 273 g/mol. The van der Waals surface area contributed by atoms with E-state index in [4.69, 9.17) is 4.74 Å². The lowest BCUT2D eigenvalue weighted by atomic mass is 10.1. The smallest absolute Gasteiger partial charge is 0.323 e. The minimum atomic E-state index is -2.55. The van der Waals surface area contributed by atoms with Gasteiger partial charge in [0.1, 0.15) is 0 Å². The molecule has 19 heavy (non-hydrogen) atoms. The molecular formula is C11H17F2N5O. The van der Waals surface area contributed by atoms with Gasteiger partial charge in [0.15, 0.2) is 6.61 Å². The summed E-state index contributed by atoms with van der Waals surface area (Å²) in [5.41, 5.74) is 0. The molecule has 0 aromatic carbocycles. The van der Waals surface area contributed by atoms with E-state index in [1.165, 1.54) is 6.42 Å². The van der Waals surface area contributed by atoms with Crippen LogP contribution in [0.3, 0.4) is 0 Å². The molecular weight excluding hydrogens is 256 g/mol. The quantitative estimate of drug-likeness (QED) is 0.878. The van der Waals surface area contributed by atoms with Crippen molar-refractivity contribution in [3.05, 3.63) is 0 Å². The Kier molecular flexibility index (Phi) is 4.64. The van der Waals surface area contributed by atoms with Crippen LogP contribution in [0.2, 0.25) is 0 Å². The lowest BCUT2D eigenvalue weighted by molar-refractivity contribution is 0.0770. The number of alkyl halides is 2. The average Bonchev–Trinajstić information content (AvgIpc) is 2.45. The zero-order chi connectivity index (χ0) is 13.7. The van der Waals surface area contributed by atoms with Crippen LogP contribution >= 0.6 is 0 Å². The molecule has 1 saturated heterocycles. The van der Waals surface area contributed by atoms with Gasteiger partial charge in [-0.15, -0.1) is 0 Å². The number of anilines is 2. The number of nitrogens with zero attached hydrogens (tertiary/aromatic N) is 4. The molecule has 6 nitrogen and oxygen atoms in total. The Morgan fingerprint density at radius 1 is 1.21 bits per heavy atom. The molecule has 0 radical (unpaired) electrons. The molecule has 0 aliphatic carbocycles. The van der Waals surface area contributed by atoms with E-state index in [0.717, 1.165) is 25.9 Å². The second kappa shape index (κ2) is 6.44. The Morgan fingerprint density at radius 3 is 2.58 bits per heavy atom. The highest BCUT2D eigenvalue weighted by atomic mass is 19.3. The molecule has 106 valence electrons. The lowest BCUT2D eigenvalue weighted by Crippen LogP contribution is -2.31. The summed E-state index contributed by atoms with van der Waals surface area (Å²) in [5.74, 6) is 0.795. The van der Waals surface area contributed by atoms with Crippen molar-refractivity contribution in [2.75, 3.05) is 37.0 Å². The van der Waals surface area contributed by atoms with Crippen molar-refractivity contribution in [2.24, 2.45) is 0 Å². The maximum atomic E-state index is 12.1. The van der Waals surface area contributed by atoms with E-state index in [9.17, 15) is 8.78 Å². The predicted molar refractivity (Wildman–Crippen MR) is 66.9 cm³/mol. The zero-order valence-corrected chi connectivity index (χ0v) is 10.8. The van der Waals surface area contributed by atoms with E-state index in [0.29, 0.717) is 11.9 Å². The molecule has 0 atom stereocenters. The van der Waals surface area contributed by atoms with Gasteiger partial charge in [-0.2, -0.15) is 15.0 Å². The molecule has 0 spiro atoms. The predicted octanol–water partition coefficient (Wildman–Crippen LogP) is 1.55. The van der Waals surface area contributed by atoms with Crippen molar-refractivity contribution in [3.8, 4) is 6.01 Å². The van der Waals surface area contributed by atoms with E-state index in [-0.39, 0.29) is 6.01 Å².